The average molecular weight is 181 g/mol. The molecule has 0 spiro atoms. The number of hydrogen-bond donors (Lipinski definition) is 2. The van der Waals surface area contributed by atoms with Gasteiger partial charge in [0.1, 0.15) is 5.82 Å². The van der Waals surface area contributed by atoms with Crippen LogP contribution in [0.2, 0.25) is 0 Å². The second-order valence-corrected chi connectivity index (χ2v) is 4.26. The molecule has 0 aliphatic carbocycles. The van der Waals surface area contributed by atoms with Gasteiger partial charge in [-0.3, -0.25) is 5.10 Å². The Kier molecular flexibility index (Phi) is 2.96. The topological polar surface area (TPSA) is 54.7 Å². The highest BCUT2D eigenvalue weighted by molar-refractivity contribution is 5.30. The van der Waals surface area contributed by atoms with Crippen molar-refractivity contribution in [3.63, 3.8) is 0 Å². The summed E-state index contributed by atoms with van der Waals surface area (Å²) in [7, 11) is 0. The van der Waals surface area contributed by atoms with Gasteiger partial charge in [-0.15, -0.1) is 0 Å². The highest BCUT2D eigenvalue weighted by atomic mass is 15.2. The third-order valence-electron chi connectivity index (χ3n) is 2.41. The normalized spacial score (nSPS) is 11.9. The molecule has 1 aromatic heterocycles. The van der Waals surface area contributed by atoms with Crippen LogP contribution in [0.5, 0.6) is 0 Å². The quantitative estimate of drug-likeness (QED) is 0.752. The van der Waals surface area contributed by atoms with Gasteiger partial charge in [0.15, 0.2) is 0 Å². The van der Waals surface area contributed by atoms with Crippen molar-refractivity contribution in [2.24, 2.45) is 11.8 Å². The molecule has 0 saturated carbocycles. The largest absolute Gasteiger partial charge is 0.382 e. The molecular formula is C10H19N3. The molecule has 0 amide bonds. The highest BCUT2D eigenvalue weighted by Crippen LogP contribution is 2.30. The Morgan fingerprint density at radius 1 is 1.23 bits per heavy atom. The number of hydrogen-bond acceptors (Lipinski definition) is 2. The third-order valence-corrected chi connectivity index (χ3v) is 2.41. The van der Waals surface area contributed by atoms with Crippen molar-refractivity contribution in [1.29, 1.82) is 0 Å². The van der Waals surface area contributed by atoms with Gasteiger partial charge in [0, 0.05) is 17.7 Å². The molecule has 0 bridgehead atoms. The number of rotatable bonds is 3. The molecular weight excluding hydrogens is 162 g/mol. The maximum absolute atomic E-state index is 5.57. The monoisotopic (exact) mass is 181 g/mol. The van der Waals surface area contributed by atoms with Crippen molar-refractivity contribution in [3.8, 4) is 0 Å². The van der Waals surface area contributed by atoms with E-state index in [0.717, 1.165) is 5.69 Å². The molecule has 1 aromatic rings. The Hall–Kier alpha value is -0.990. The van der Waals surface area contributed by atoms with Crippen LogP contribution in [0.25, 0.3) is 0 Å². The second-order valence-electron chi connectivity index (χ2n) is 4.26. The van der Waals surface area contributed by atoms with Crippen LogP contribution < -0.4 is 5.73 Å². The fraction of sp³-hybridized carbons (Fsp3) is 0.700. The first-order chi connectivity index (χ1) is 6.02. The molecule has 13 heavy (non-hydrogen) atoms. The van der Waals surface area contributed by atoms with E-state index < -0.39 is 0 Å². The minimum absolute atomic E-state index is 0.518. The number of nitrogens with two attached hydrogens (primary N) is 1. The van der Waals surface area contributed by atoms with Crippen molar-refractivity contribution < 1.29 is 0 Å². The van der Waals surface area contributed by atoms with Gasteiger partial charge < -0.3 is 5.73 Å². The van der Waals surface area contributed by atoms with E-state index in [4.69, 9.17) is 5.73 Å². The van der Waals surface area contributed by atoms with Crippen molar-refractivity contribution in [2.45, 2.75) is 33.6 Å². The van der Waals surface area contributed by atoms with Crippen LogP contribution in [-0.2, 0) is 0 Å². The first-order valence-corrected chi connectivity index (χ1v) is 4.83. The Bertz CT molecular complexity index is 255. The Morgan fingerprint density at radius 2 is 1.77 bits per heavy atom. The molecule has 3 heteroatoms. The molecule has 0 fully saturated rings. The standard InChI is InChI=1S/C10H19N3/c1-6(2)10(7(3)4)8-5-9(11)13-12-8/h5-7,10H,1-4H3,(H3,11,12,13). The molecule has 3 nitrogen and oxygen atoms in total. The first-order valence-electron chi connectivity index (χ1n) is 4.83. The highest BCUT2D eigenvalue weighted by Gasteiger charge is 2.21. The van der Waals surface area contributed by atoms with E-state index in [1.165, 1.54) is 0 Å². The van der Waals surface area contributed by atoms with Gasteiger partial charge in [0.05, 0.1) is 0 Å². The molecule has 0 aliphatic rings. The van der Waals surface area contributed by atoms with Crippen molar-refractivity contribution in [3.05, 3.63) is 11.8 Å². The molecule has 0 aliphatic heterocycles. The number of aromatic amines is 1. The predicted molar refractivity (Wildman–Crippen MR) is 55.4 cm³/mol. The van der Waals surface area contributed by atoms with Crippen LogP contribution in [-0.4, -0.2) is 10.2 Å². The van der Waals surface area contributed by atoms with Gasteiger partial charge in [-0.05, 0) is 11.8 Å². The minimum atomic E-state index is 0.518. The maximum Gasteiger partial charge on any atom is 0.145 e. The van der Waals surface area contributed by atoms with Crippen molar-refractivity contribution in [1.82, 2.24) is 10.2 Å². The molecule has 3 N–H and O–H groups in total. The van der Waals surface area contributed by atoms with E-state index in [0.29, 0.717) is 23.6 Å². The van der Waals surface area contributed by atoms with E-state index in [9.17, 15) is 0 Å². The first kappa shape index (κ1) is 10.1. The van der Waals surface area contributed by atoms with Gasteiger partial charge in [-0.2, -0.15) is 5.10 Å². The zero-order chi connectivity index (χ0) is 10.0. The Labute approximate surface area is 79.7 Å². The molecule has 1 rings (SSSR count). The average Bonchev–Trinajstić information content (AvgIpc) is 2.34. The van der Waals surface area contributed by atoms with Gasteiger partial charge in [0.25, 0.3) is 0 Å². The number of nitrogens with zero attached hydrogens (tertiary/aromatic N) is 1. The number of anilines is 1. The van der Waals surface area contributed by atoms with Gasteiger partial charge in [-0.25, -0.2) is 0 Å². The van der Waals surface area contributed by atoms with Crippen molar-refractivity contribution in [2.75, 3.05) is 5.73 Å². The molecule has 74 valence electrons. The van der Waals surface area contributed by atoms with Gasteiger partial charge in [0.2, 0.25) is 0 Å². The van der Waals surface area contributed by atoms with Crippen LogP contribution in [0.3, 0.4) is 0 Å². The lowest BCUT2D eigenvalue weighted by molar-refractivity contribution is 0.379. The minimum Gasteiger partial charge on any atom is -0.382 e. The lowest BCUT2D eigenvalue weighted by Gasteiger charge is -2.22. The lowest BCUT2D eigenvalue weighted by atomic mass is 9.83. The van der Waals surface area contributed by atoms with Gasteiger partial charge >= 0.3 is 0 Å². The molecule has 1 heterocycles. The summed E-state index contributed by atoms with van der Waals surface area (Å²) < 4.78 is 0. The molecule has 0 atom stereocenters. The summed E-state index contributed by atoms with van der Waals surface area (Å²) in [6.07, 6.45) is 0. The number of aromatic nitrogens is 2. The smallest absolute Gasteiger partial charge is 0.145 e. The van der Waals surface area contributed by atoms with Crippen LogP contribution in [0, 0.1) is 11.8 Å². The van der Waals surface area contributed by atoms with Crippen LogP contribution in [0.15, 0.2) is 6.07 Å². The summed E-state index contributed by atoms with van der Waals surface area (Å²) in [5, 5.41) is 6.95. The van der Waals surface area contributed by atoms with Crippen LogP contribution in [0.4, 0.5) is 5.82 Å². The number of H-pyrrole nitrogens is 1. The Morgan fingerprint density at radius 3 is 2.08 bits per heavy atom. The predicted octanol–water partition coefficient (Wildman–Crippen LogP) is 2.39. The maximum atomic E-state index is 5.57. The van der Waals surface area contributed by atoms with E-state index in [1.54, 1.807) is 0 Å². The number of nitrogen functional groups attached to an aromatic ring is 1. The van der Waals surface area contributed by atoms with Crippen LogP contribution in [0.1, 0.15) is 39.3 Å². The fourth-order valence-corrected chi connectivity index (χ4v) is 2.01. The SMILES string of the molecule is CC(C)C(c1cc(N)n[nH]1)C(C)C. The molecule has 0 unspecified atom stereocenters. The van der Waals surface area contributed by atoms with E-state index in [2.05, 4.69) is 37.9 Å². The summed E-state index contributed by atoms with van der Waals surface area (Å²) >= 11 is 0. The van der Waals surface area contributed by atoms with Crippen molar-refractivity contribution >= 4 is 5.82 Å². The fourth-order valence-electron chi connectivity index (χ4n) is 2.01. The molecule has 0 radical (unpaired) electrons. The zero-order valence-corrected chi connectivity index (χ0v) is 8.83. The van der Waals surface area contributed by atoms with Crippen LogP contribution >= 0.6 is 0 Å². The third kappa shape index (κ3) is 2.23. The lowest BCUT2D eigenvalue weighted by Crippen LogP contribution is -2.13. The summed E-state index contributed by atoms with van der Waals surface area (Å²) in [6.45, 7) is 8.90. The number of nitrogens with one attached hydrogen (secondary N) is 1. The van der Waals surface area contributed by atoms with E-state index >= 15 is 0 Å². The summed E-state index contributed by atoms with van der Waals surface area (Å²) in [6, 6.07) is 1.94. The zero-order valence-electron chi connectivity index (χ0n) is 8.83. The second kappa shape index (κ2) is 3.81. The summed E-state index contributed by atoms with van der Waals surface area (Å²) in [5.74, 6) is 2.32. The summed E-state index contributed by atoms with van der Waals surface area (Å²) in [5.41, 5.74) is 6.73. The molecule has 0 saturated heterocycles. The summed E-state index contributed by atoms with van der Waals surface area (Å²) in [4.78, 5) is 0. The van der Waals surface area contributed by atoms with Gasteiger partial charge in [-0.1, -0.05) is 27.7 Å². The molecule has 0 aromatic carbocycles. The Balaban J connectivity index is 2.88. The van der Waals surface area contributed by atoms with E-state index in [-0.39, 0.29) is 0 Å². The van der Waals surface area contributed by atoms with E-state index in [1.807, 2.05) is 6.07 Å².